The van der Waals surface area contributed by atoms with Gasteiger partial charge in [0.15, 0.2) is 17.0 Å². The smallest absolute Gasteiger partial charge is 0.169 e. The van der Waals surface area contributed by atoms with Gasteiger partial charge in [-0.15, -0.1) is 0 Å². The van der Waals surface area contributed by atoms with Crippen molar-refractivity contribution >= 4 is 22.7 Å². The van der Waals surface area contributed by atoms with Gasteiger partial charge in [0.1, 0.15) is 12.7 Å². The quantitative estimate of drug-likeness (QED) is 0.757. The van der Waals surface area contributed by atoms with Crippen LogP contribution in [0.5, 0.6) is 0 Å². The van der Waals surface area contributed by atoms with Gasteiger partial charge in [0, 0.05) is 5.70 Å². The van der Waals surface area contributed by atoms with Crippen LogP contribution in [0.25, 0.3) is 16.9 Å². The van der Waals surface area contributed by atoms with Crippen molar-refractivity contribution in [3.8, 4) is 0 Å². The summed E-state index contributed by atoms with van der Waals surface area (Å²) in [6.45, 7) is 0. The van der Waals surface area contributed by atoms with E-state index in [0.29, 0.717) is 11.3 Å². The molecule has 76 valence electrons. The molecule has 0 bridgehead atoms. The van der Waals surface area contributed by atoms with Crippen LogP contribution in [0.15, 0.2) is 18.7 Å². The predicted molar refractivity (Wildman–Crippen MR) is 57.9 cm³/mol. The standard InChI is InChI=1S/C10H11N5/c11-9-8-10(13-5-12-9)15(6-14-8)7-3-1-2-4-7/h3,5-6H,1-2,4H2,(H2,11,12,13). The molecule has 2 aromatic heterocycles. The summed E-state index contributed by atoms with van der Waals surface area (Å²) in [6, 6.07) is 0. The van der Waals surface area contributed by atoms with Gasteiger partial charge in [-0.25, -0.2) is 15.0 Å². The maximum absolute atomic E-state index is 5.72. The first-order valence-corrected chi connectivity index (χ1v) is 4.99. The number of fused-ring (bicyclic) bond motifs is 1. The molecule has 2 N–H and O–H groups in total. The van der Waals surface area contributed by atoms with Crippen LogP contribution in [0, 0.1) is 0 Å². The molecule has 0 spiro atoms. The van der Waals surface area contributed by atoms with Gasteiger partial charge in [-0.3, -0.25) is 4.57 Å². The van der Waals surface area contributed by atoms with Crippen LogP contribution in [0.2, 0.25) is 0 Å². The lowest BCUT2D eigenvalue weighted by atomic mass is 10.3. The lowest BCUT2D eigenvalue weighted by Crippen LogP contribution is -1.97. The Morgan fingerprint density at radius 1 is 1.27 bits per heavy atom. The van der Waals surface area contributed by atoms with Gasteiger partial charge in [-0.1, -0.05) is 6.08 Å². The lowest BCUT2D eigenvalue weighted by Gasteiger charge is -2.03. The number of nitrogens with zero attached hydrogens (tertiary/aromatic N) is 4. The van der Waals surface area contributed by atoms with Crippen LogP contribution in [-0.2, 0) is 0 Å². The minimum absolute atomic E-state index is 0.442. The maximum Gasteiger partial charge on any atom is 0.169 e. The average molecular weight is 201 g/mol. The first-order valence-electron chi connectivity index (χ1n) is 4.99. The van der Waals surface area contributed by atoms with Crippen molar-refractivity contribution < 1.29 is 0 Å². The van der Waals surface area contributed by atoms with E-state index < -0.39 is 0 Å². The first kappa shape index (κ1) is 8.40. The molecule has 0 fully saturated rings. The molecule has 0 saturated heterocycles. The average Bonchev–Trinajstić information content (AvgIpc) is 2.85. The second-order valence-corrected chi connectivity index (χ2v) is 3.63. The van der Waals surface area contributed by atoms with Crippen LogP contribution in [0.1, 0.15) is 19.3 Å². The van der Waals surface area contributed by atoms with E-state index in [2.05, 4.69) is 21.0 Å². The molecule has 3 rings (SSSR count). The van der Waals surface area contributed by atoms with Gasteiger partial charge in [-0.2, -0.15) is 0 Å². The summed E-state index contributed by atoms with van der Waals surface area (Å²) in [5.41, 5.74) is 8.47. The van der Waals surface area contributed by atoms with E-state index in [1.807, 2.05) is 4.57 Å². The van der Waals surface area contributed by atoms with E-state index in [-0.39, 0.29) is 0 Å². The number of allylic oxidation sites excluding steroid dienone is 2. The van der Waals surface area contributed by atoms with Gasteiger partial charge in [0.05, 0.1) is 0 Å². The van der Waals surface area contributed by atoms with Crippen LogP contribution < -0.4 is 5.73 Å². The third kappa shape index (κ3) is 1.20. The molecule has 5 heteroatoms. The zero-order chi connectivity index (χ0) is 10.3. The fourth-order valence-electron chi connectivity index (χ4n) is 1.94. The molecule has 0 unspecified atom stereocenters. The molecule has 0 amide bonds. The first-order chi connectivity index (χ1) is 7.36. The molecule has 0 radical (unpaired) electrons. The van der Waals surface area contributed by atoms with Gasteiger partial charge < -0.3 is 5.73 Å². The monoisotopic (exact) mass is 201 g/mol. The molecule has 0 atom stereocenters. The number of aromatic nitrogens is 4. The number of nitrogens with two attached hydrogens (primary N) is 1. The molecule has 5 nitrogen and oxygen atoms in total. The summed E-state index contributed by atoms with van der Waals surface area (Å²) in [7, 11) is 0. The number of rotatable bonds is 1. The Morgan fingerprint density at radius 3 is 3.00 bits per heavy atom. The lowest BCUT2D eigenvalue weighted by molar-refractivity contribution is 0.907. The van der Waals surface area contributed by atoms with E-state index in [1.165, 1.54) is 18.4 Å². The van der Waals surface area contributed by atoms with Crippen LogP contribution in [0.3, 0.4) is 0 Å². The fourth-order valence-corrected chi connectivity index (χ4v) is 1.94. The molecular weight excluding hydrogens is 190 g/mol. The van der Waals surface area contributed by atoms with Gasteiger partial charge in [0.2, 0.25) is 0 Å². The normalized spacial score (nSPS) is 15.9. The Labute approximate surface area is 86.7 Å². The van der Waals surface area contributed by atoms with Crippen molar-refractivity contribution in [1.29, 1.82) is 0 Å². The Bertz CT molecular complexity index is 540. The van der Waals surface area contributed by atoms with Crippen molar-refractivity contribution in [3.63, 3.8) is 0 Å². The molecule has 2 aromatic rings. The number of hydrogen-bond donors (Lipinski definition) is 1. The predicted octanol–water partition coefficient (Wildman–Crippen LogP) is 1.43. The molecule has 2 heterocycles. The third-order valence-corrected chi connectivity index (χ3v) is 2.69. The second-order valence-electron chi connectivity index (χ2n) is 3.63. The Hall–Kier alpha value is -1.91. The molecule has 0 aromatic carbocycles. The molecule has 1 aliphatic carbocycles. The minimum atomic E-state index is 0.442. The highest BCUT2D eigenvalue weighted by Gasteiger charge is 2.12. The van der Waals surface area contributed by atoms with E-state index in [0.717, 1.165) is 18.5 Å². The zero-order valence-corrected chi connectivity index (χ0v) is 8.22. The topological polar surface area (TPSA) is 69.6 Å². The Morgan fingerprint density at radius 2 is 2.20 bits per heavy atom. The van der Waals surface area contributed by atoms with Gasteiger partial charge >= 0.3 is 0 Å². The number of anilines is 1. The molecule has 1 aliphatic rings. The van der Waals surface area contributed by atoms with Crippen molar-refractivity contribution in [1.82, 2.24) is 19.5 Å². The highest BCUT2D eigenvalue weighted by atomic mass is 15.1. The molecule has 15 heavy (non-hydrogen) atoms. The Balaban J connectivity index is 2.24. The Kier molecular flexibility index (Phi) is 1.71. The summed E-state index contributed by atoms with van der Waals surface area (Å²) < 4.78 is 2.00. The summed E-state index contributed by atoms with van der Waals surface area (Å²) in [4.78, 5) is 12.4. The number of nitrogen functional groups attached to an aromatic ring is 1. The summed E-state index contributed by atoms with van der Waals surface area (Å²) >= 11 is 0. The van der Waals surface area contributed by atoms with Crippen LogP contribution >= 0.6 is 0 Å². The summed E-state index contributed by atoms with van der Waals surface area (Å²) in [5, 5.41) is 0. The SMILES string of the molecule is Nc1ncnc2c1ncn2C1=CCCC1. The molecule has 0 aliphatic heterocycles. The molecular formula is C10H11N5. The fraction of sp³-hybridized carbons (Fsp3) is 0.300. The zero-order valence-electron chi connectivity index (χ0n) is 8.22. The van der Waals surface area contributed by atoms with E-state index >= 15 is 0 Å². The van der Waals surface area contributed by atoms with E-state index in [4.69, 9.17) is 5.73 Å². The van der Waals surface area contributed by atoms with Crippen LogP contribution in [0.4, 0.5) is 5.82 Å². The van der Waals surface area contributed by atoms with E-state index in [1.54, 1.807) is 6.33 Å². The minimum Gasteiger partial charge on any atom is -0.382 e. The van der Waals surface area contributed by atoms with Crippen molar-refractivity contribution in [2.24, 2.45) is 0 Å². The third-order valence-electron chi connectivity index (χ3n) is 2.69. The van der Waals surface area contributed by atoms with Gasteiger partial charge in [-0.05, 0) is 19.3 Å². The van der Waals surface area contributed by atoms with Crippen LogP contribution in [-0.4, -0.2) is 19.5 Å². The van der Waals surface area contributed by atoms with Crippen molar-refractivity contribution in [2.45, 2.75) is 19.3 Å². The second kappa shape index (κ2) is 3.05. The summed E-state index contributed by atoms with van der Waals surface area (Å²) in [5.74, 6) is 0.442. The maximum atomic E-state index is 5.72. The van der Waals surface area contributed by atoms with Gasteiger partial charge in [0.25, 0.3) is 0 Å². The highest BCUT2D eigenvalue weighted by Crippen LogP contribution is 2.26. The van der Waals surface area contributed by atoms with Crippen molar-refractivity contribution in [3.05, 3.63) is 18.7 Å². The highest BCUT2D eigenvalue weighted by molar-refractivity contribution is 5.83. The largest absolute Gasteiger partial charge is 0.382 e. The number of hydrogen-bond acceptors (Lipinski definition) is 4. The van der Waals surface area contributed by atoms with Crippen molar-refractivity contribution in [2.75, 3.05) is 5.73 Å². The molecule has 0 saturated carbocycles. The summed E-state index contributed by atoms with van der Waals surface area (Å²) in [6.07, 6.45) is 8.89. The van der Waals surface area contributed by atoms with E-state index in [9.17, 15) is 0 Å². The number of imidazole rings is 1.